The fourth-order valence-corrected chi connectivity index (χ4v) is 8.62. The maximum atomic E-state index is 13.2. The van der Waals surface area contributed by atoms with Gasteiger partial charge in [-0.3, -0.25) is 9.59 Å². The van der Waals surface area contributed by atoms with Crippen molar-refractivity contribution in [2.45, 2.75) is 88.0 Å². The molecule has 184 valence electrons. The number of para-hydroxylation sites is 1. The zero-order valence-electron chi connectivity index (χ0n) is 20.5. The largest absolute Gasteiger partial charge is 0.461 e. The molecule has 3 heterocycles. The number of ketones is 1. The van der Waals surface area contributed by atoms with Gasteiger partial charge in [0.25, 0.3) is 6.47 Å². The Morgan fingerprint density at radius 2 is 1.94 bits per heavy atom. The highest BCUT2D eigenvalue weighted by Gasteiger charge is 2.78. The van der Waals surface area contributed by atoms with E-state index in [1.165, 1.54) is 17.0 Å². The summed E-state index contributed by atoms with van der Waals surface area (Å²) in [5, 5.41) is 14.1. The third-order valence-electron chi connectivity index (χ3n) is 10.5. The summed E-state index contributed by atoms with van der Waals surface area (Å²) < 4.78 is 18.4. The molecule has 7 rings (SSSR count). The lowest BCUT2D eigenvalue weighted by molar-refractivity contribution is -0.275. The van der Waals surface area contributed by atoms with Crippen molar-refractivity contribution in [1.82, 2.24) is 4.98 Å². The van der Waals surface area contributed by atoms with Gasteiger partial charge in [0.15, 0.2) is 17.7 Å². The second-order valence-corrected chi connectivity index (χ2v) is 12.1. The highest BCUT2D eigenvalue weighted by Crippen LogP contribution is 2.72. The van der Waals surface area contributed by atoms with Crippen LogP contribution in [-0.4, -0.2) is 51.5 Å². The van der Waals surface area contributed by atoms with Crippen LogP contribution in [0.3, 0.4) is 0 Å². The summed E-state index contributed by atoms with van der Waals surface area (Å²) in [6.07, 6.45) is 2.41. The molecule has 1 saturated heterocycles. The minimum atomic E-state index is -1.64. The molecule has 7 atom stereocenters. The van der Waals surface area contributed by atoms with Gasteiger partial charge in [-0.15, -0.1) is 0 Å². The number of fused-ring (bicyclic) bond motifs is 9. The number of hydrogen-bond acceptors (Lipinski definition) is 6. The molecule has 3 fully saturated rings. The smallest absolute Gasteiger partial charge is 0.293 e. The summed E-state index contributed by atoms with van der Waals surface area (Å²) in [7, 11) is 0. The van der Waals surface area contributed by atoms with Crippen LogP contribution >= 0.6 is 0 Å². The average Bonchev–Trinajstić information content (AvgIpc) is 3.39. The van der Waals surface area contributed by atoms with Crippen LogP contribution in [0.2, 0.25) is 0 Å². The summed E-state index contributed by atoms with van der Waals surface area (Å²) in [5.41, 5.74) is 0.230. The second kappa shape index (κ2) is 6.25. The first-order chi connectivity index (χ1) is 16.5. The van der Waals surface area contributed by atoms with Gasteiger partial charge in [0, 0.05) is 39.4 Å². The lowest BCUT2D eigenvalue weighted by Crippen LogP contribution is -2.74. The topological polar surface area (TPSA) is 97.9 Å². The fourth-order valence-electron chi connectivity index (χ4n) is 8.62. The molecule has 1 spiro atoms. The van der Waals surface area contributed by atoms with Crippen LogP contribution in [0.25, 0.3) is 10.9 Å². The molecule has 1 aromatic carbocycles. The number of aromatic amines is 1. The second-order valence-electron chi connectivity index (χ2n) is 12.1. The molecule has 2 aromatic rings. The number of benzene rings is 1. The number of aromatic nitrogens is 1. The van der Waals surface area contributed by atoms with Crippen molar-refractivity contribution in [2.24, 2.45) is 11.3 Å². The minimum Gasteiger partial charge on any atom is -0.461 e. The van der Waals surface area contributed by atoms with Gasteiger partial charge in [0.2, 0.25) is 0 Å². The molecule has 2 bridgehead atoms. The van der Waals surface area contributed by atoms with Gasteiger partial charge in [-0.1, -0.05) is 32.0 Å². The van der Waals surface area contributed by atoms with E-state index in [0.717, 1.165) is 17.6 Å². The maximum Gasteiger partial charge on any atom is 0.293 e. The molecule has 35 heavy (non-hydrogen) atoms. The van der Waals surface area contributed by atoms with Gasteiger partial charge >= 0.3 is 0 Å². The average molecular weight is 478 g/mol. The Labute approximate surface area is 203 Å². The molecule has 1 aromatic heterocycles. The van der Waals surface area contributed by atoms with Gasteiger partial charge in [-0.2, -0.15) is 0 Å². The van der Waals surface area contributed by atoms with Crippen LogP contribution in [0.4, 0.5) is 0 Å². The van der Waals surface area contributed by atoms with Crippen molar-refractivity contribution in [3.8, 4) is 0 Å². The van der Waals surface area contributed by atoms with E-state index in [1.807, 2.05) is 26.0 Å². The standard InChI is InChI=1S/C28H31NO6/c1-24(2)23-19(31)13-20-27(34-23,35-24)10-9-25(3)26(4)15(12-21(33-14-30)28(20,25)32)11-17-16-7-5-6-8-18(16)29-22(17)26/h5-8,13-15,21,23,29,32H,9-12H2,1-4H3/t15-,21+,23+,25-,26-,27+,28+/m1/s1. The molecule has 2 N–H and O–H groups in total. The lowest BCUT2D eigenvalue weighted by atomic mass is 9.41. The third-order valence-corrected chi connectivity index (χ3v) is 10.5. The summed E-state index contributed by atoms with van der Waals surface area (Å²) >= 11 is 0. The van der Waals surface area contributed by atoms with Crippen molar-refractivity contribution in [1.29, 1.82) is 0 Å². The molecule has 0 unspecified atom stereocenters. The van der Waals surface area contributed by atoms with Crippen LogP contribution < -0.4 is 0 Å². The molecular formula is C28H31NO6. The van der Waals surface area contributed by atoms with Crippen molar-refractivity contribution in [3.63, 3.8) is 0 Å². The van der Waals surface area contributed by atoms with Crippen molar-refractivity contribution < 1.29 is 28.9 Å². The van der Waals surface area contributed by atoms with Crippen LogP contribution in [0, 0.1) is 11.3 Å². The fraction of sp³-hybridized carbons (Fsp3) is 0.571. The van der Waals surface area contributed by atoms with E-state index in [4.69, 9.17) is 14.2 Å². The first-order valence-corrected chi connectivity index (χ1v) is 12.6. The summed E-state index contributed by atoms with van der Waals surface area (Å²) in [6, 6.07) is 8.30. The molecule has 7 heteroatoms. The van der Waals surface area contributed by atoms with Gasteiger partial charge < -0.3 is 24.3 Å². The van der Waals surface area contributed by atoms with Gasteiger partial charge in [-0.25, -0.2) is 0 Å². The van der Waals surface area contributed by atoms with Crippen molar-refractivity contribution in [2.75, 3.05) is 0 Å². The lowest BCUT2D eigenvalue weighted by Gasteiger charge is -2.67. The first kappa shape index (κ1) is 21.8. The SMILES string of the molecule is CC1(C)O[C@@]23CC[C@]4(C)[C@@]5(C)c6[nH]c7ccccc7c6C[C@@H]5C[C@H](OC=O)[C@@]4(O)C2=CC(=O)[C@@H]1O3. The van der Waals surface area contributed by atoms with Crippen molar-refractivity contribution in [3.05, 3.63) is 47.2 Å². The number of H-pyrrole nitrogens is 1. The number of carbonyl (C=O) groups excluding carboxylic acids is 2. The summed E-state index contributed by atoms with van der Waals surface area (Å²) in [6.45, 7) is 8.44. The van der Waals surface area contributed by atoms with Crippen LogP contribution in [-0.2, 0) is 35.6 Å². The minimum absolute atomic E-state index is 0.159. The Morgan fingerprint density at radius 3 is 2.71 bits per heavy atom. The van der Waals surface area contributed by atoms with Gasteiger partial charge in [0.1, 0.15) is 17.3 Å². The monoisotopic (exact) mass is 477 g/mol. The molecule has 2 aliphatic heterocycles. The highest BCUT2D eigenvalue weighted by molar-refractivity contribution is 5.97. The van der Waals surface area contributed by atoms with E-state index in [-0.39, 0.29) is 11.7 Å². The van der Waals surface area contributed by atoms with E-state index in [1.54, 1.807) is 0 Å². The van der Waals surface area contributed by atoms with Gasteiger partial charge in [0.05, 0.1) is 0 Å². The van der Waals surface area contributed by atoms with E-state index in [9.17, 15) is 14.7 Å². The quantitative estimate of drug-likeness (QED) is 0.643. The molecule has 7 nitrogen and oxygen atoms in total. The number of rotatable bonds is 2. The normalized spacial score (nSPS) is 44.8. The number of carbonyl (C=O) groups is 2. The summed E-state index contributed by atoms with van der Waals surface area (Å²) in [5.74, 6) is -1.26. The molecule has 2 saturated carbocycles. The Bertz CT molecular complexity index is 1340. The maximum absolute atomic E-state index is 13.2. The predicted octanol–water partition coefficient (Wildman–Crippen LogP) is 3.47. The Morgan fingerprint density at radius 1 is 1.17 bits per heavy atom. The number of aliphatic hydroxyl groups is 1. The molecular weight excluding hydrogens is 446 g/mol. The van der Waals surface area contributed by atoms with Crippen LogP contribution in [0.5, 0.6) is 0 Å². The van der Waals surface area contributed by atoms with Crippen LogP contribution in [0.1, 0.15) is 58.2 Å². The number of nitrogens with one attached hydrogen (secondary N) is 1. The Hall–Kier alpha value is -2.48. The number of hydrogen-bond donors (Lipinski definition) is 2. The summed E-state index contributed by atoms with van der Waals surface area (Å²) in [4.78, 5) is 28.6. The first-order valence-electron chi connectivity index (χ1n) is 12.6. The van der Waals surface area contributed by atoms with Gasteiger partial charge in [-0.05, 0) is 56.7 Å². The van der Waals surface area contributed by atoms with E-state index < -0.39 is 40.0 Å². The van der Waals surface area contributed by atoms with E-state index in [0.29, 0.717) is 31.3 Å². The Balaban J connectivity index is 1.47. The molecule has 0 radical (unpaired) electrons. The van der Waals surface area contributed by atoms with E-state index in [2.05, 4.69) is 31.0 Å². The van der Waals surface area contributed by atoms with Crippen LogP contribution in [0.15, 0.2) is 35.9 Å². The molecule has 5 aliphatic rings. The zero-order valence-corrected chi connectivity index (χ0v) is 20.5. The molecule has 0 amide bonds. The predicted molar refractivity (Wildman–Crippen MR) is 127 cm³/mol. The molecule has 3 aliphatic carbocycles. The highest BCUT2D eigenvalue weighted by atomic mass is 16.8. The third kappa shape index (κ3) is 2.21. The number of ether oxygens (including phenoxy) is 3. The van der Waals surface area contributed by atoms with Crippen molar-refractivity contribution >= 4 is 23.2 Å². The zero-order chi connectivity index (χ0) is 24.6. The Kier molecular flexibility index (Phi) is 3.89. The van der Waals surface area contributed by atoms with E-state index >= 15 is 0 Å².